The van der Waals surface area contributed by atoms with Crippen LogP contribution in [0.5, 0.6) is 0 Å². The van der Waals surface area contributed by atoms with E-state index in [1.54, 1.807) is 6.08 Å². The molecule has 0 spiro atoms. The first kappa shape index (κ1) is 52.3. The topological polar surface area (TPSA) is 95.9 Å². The average molecular weight is 768 g/mol. The van der Waals surface area contributed by atoms with Gasteiger partial charge in [-0.3, -0.25) is 9.59 Å². The van der Waals surface area contributed by atoms with E-state index in [4.69, 9.17) is 4.74 Å². The second-order valence-corrected chi connectivity index (χ2v) is 15.1. The highest BCUT2D eigenvalue weighted by atomic mass is 16.5. The molecule has 0 aromatic rings. The van der Waals surface area contributed by atoms with Crippen molar-refractivity contribution in [3.05, 3.63) is 72.9 Å². The zero-order valence-electron chi connectivity index (χ0n) is 35.8. The van der Waals surface area contributed by atoms with E-state index >= 15 is 0 Å². The van der Waals surface area contributed by atoms with Gasteiger partial charge in [0.05, 0.1) is 25.2 Å². The van der Waals surface area contributed by atoms with Crippen molar-refractivity contribution in [2.24, 2.45) is 0 Å². The summed E-state index contributed by atoms with van der Waals surface area (Å²) in [6.07, 6.45) is 52.8. The van der Waals surface area contributed by atoms with Crippen LogP contribution in [0, 0.1) is 0 Å². The van der Waals surface area contributed by atoms with Crippen LogP contribution in [0.25, 0.3) is 0 Å². The van der Waals surface area contributed by atoms with Gasteiger partial charge in [0.15, 0.2) is 0 Å². The molecule has 0 saturated carbocycles. The van der Waals surface area contributed by atoms with Crippen LogP contribution in [-0.4, -0.2) is 46.9 Å². The van der Waals surface area contributed by atoms with Gasteiger partial charge in [-0.15, -0.1) is 0 Å². The second-order valence-electron chi connectivity index (χ2n) is 15.1. The highest BCUT2D eigenvalue weighted by molar-refractivity contribution is 5.78. The molecule has 0 aliphatic heterocycles. The van der Waals surface area contributed by atoms with Crippen molar-refractivity contribution in [1.82, 2.24) is 5.32 Å². The molecule has 0 saturated heterocycles. The highest BCUT2D eigenvalue weighted by Gasteiger charge is 2.23. The molecule has 0 aromatic heterocycles. The van der Waals surface area contributed by atoms with Gasteiger partial charge < -0.3 is 20.3 Å². The predicted octanol–water partition coefficient (Wildman–Crippen LogP) is 13.1. The molecule has 3 N–H and O–H groups in total. The standard InChI is InChI=1S/C49H85NO5/c1-4-7-10-13-16-19-21-23-25-26-29-31-34-37-40-45(55-49(54)42-39-36-33-30-27-24-22-20-17-14-11-8-5-2)43-48(53)50-46(44-51)47(52)41-38-35-32-28-18-15-12-9-6-3/h7,10,16,19,23-25,27,29,31,37,40,45-47,51-52H,4-6,8-9,11-15,17-18,20-22,26,28,30,32-36,38-39,41-44H2,1-3H3,(H,50,53)/b10-7+,19-16+,25-23+,27-24-,31-29+,40-37+. The van der Waals surface area contributed by atoms with E-state index in [-0.39, 0.29) is 24.9 Å². The summed E-state index contributed by atoms with van der Waals surface area (Å²) in [4.78, 5) is 25.9. The lowest BCUT2D eigenvalue weighted by atomic mass is 10.0. The van der Waals surface area contributed by atoms with Gasteiger partial charge in [-0.05, 0) is 76.7 Å². The number of esters is 1. The predicted molar refractivity (Wildman–Crippen MR) is 236 cm³/mol. The molecule has 316 valence electrons. The van der Waals surface area contributed by atoms with Gasteiger partial charge in [0, 0.05) is 6.42 Å². The number of hydrogen-bond donors (Lipinski definition) is 3. The summed E-state index contributed by atoms with van der Waals surface area (Å²) >= 11 is 0. The fourth-order valence-corrected chi connectivity index (χ4v) is 6.33. The quantitative estimate of drug-likeness (QED) is 0.0329. The number of rotatable bonds is 39. The fraction of sp³-hybridized carbons (Fsp3) is 0.714. The van der Waals surface area contributed by atoms with E-state index in [0.717, 1.165) is 77.0 Å². The van der Waals surface area contributed by atoms with E-state index in [0.29, 0.717) is 19.3 Å². The lowest BCUT2D eigenvalue weighted by Gasteiger charge is -2.23. The van der Waals surface area contributed by atoms with E-state index < -0.39 is 18.2 Å². The summed E-state index contributed by atoms with van der Waals surface area (Å²) in [7, 11) is 0. The Morgan fingerprint density at radius 3 is 1.53 bits per heavy atom. The third-order valence-electron chi connectivity index (χ3n) is 9.76. The fourth-order valence-electron chi connectivity index (χ4n) is 6.33. The minimum Gasteiger partial charge on any atom is -0.458 e. The molecule has 0 rings (SSSR count). The molecule has 1 amide bonds. The maximum Gasteiger partial charge on any atom is 0.306 e. The summed E-state index contributed by atoms with van der Waals surface area (Å²) in [5.41, 5.74) is 0. The van der Waals surface area contributed by atoms with Crippen LogP contribution in [0.1, 0.15) is 201 Å². The Bertz CT molecular complexity index is 1040. The Morgan fingerprint density at radius 1 is 0.564 bits per heavy atom. The van der Waals surface area contributed by atoms with Crippen LogP contribution in [0.15, 0.2) is 72.9 Å². The molecule has 0 aliphatic rings. The first-order valence-corrected chi connectivity index (χ1v) is 22.7. The van der Waals surface area contributed by atoms with Crippen LogP contribution >= 0.6 is 0 Å². The van der Waals surface area contributed by atoms with Crippen molar-refractivity contribution in [2.75, 3.05) is 6.61 Å². The first-order chi connectivity index (χ1) is 27.0. The normalized spacial score (nSPS) is 14.1. The molecule has 0 aliphatic carbocycles. The molecule has 3 unspecified atom stereocenters. The summed E-state index contributed by atoms with van der Waals surface area (Å²) in [5.74, 6) is -0.655. The van der Waals surface area contributed by atoms with Crippen molar-refractivity contribution in [3.8, 4) is 0 Å². The minimum atomic E-state index is -0.821. The van der Waals surface area contributed by atoms with Crippen molar-refractivity contribution < 1.29 is 24.5 Å². The van der Waals surface area contributed by atoms with Gasteiger partial charge in [-0.2, -0.15) is 0 Å². The van der Waals surface area contributed by atoms with Crippen molar-refractivity contribution in [3.63, 3.8) is 0 Å². The maximum atomic E-state index is 13.1. The van der Waals surface area contributed by atoms with Gasteiger partial charge in [-0.25, -0.2) is 0 Å². The summed E-state index contributed by atoms with van der Waals surface area (Å²) in [5, 5.41) is 23.5. The number of amides is 1. The number of allylic oxidation sites excluding steroid dienone is 11. The van der Waals surface area contributed by atoms with Gasteiger partial charge >= 0.3 is 5.97 Å². The van der Waals surface area contributed by atoms with Crippen LogP contribution in [-0.2, 0) is 14.3 Å². The number of carbonyl (C=O) groups is 2. The van der Waals surface area contributed by atoms with Crippen LogP contribution in [0.3, 0.4) is 0 Å². The molecular formula is C49H85NO5. The monoisotopic (exact) mass is 768 g/mol. The number of aliphatic hydroxyl groups is 2. The third kappa shape index (κ3) is 38.0. The molecular weight excluding hydrogens is 683 g/mol. The lowest BCUT2D eigenvalue weighted by molar-refractivity contribution is -0.148. The third-order valence-corrected chi connectivity index (χ3v) is 9.76. The van der Waals surface area contributed by atoms with Gasteiger partial charge in [-0.1, -0.05) is 184 Å². The largest absolute Gasteiger partial charge is 0.458 e. The average Bonchev–Trinajstić information content (AvgIpc) is 3.18. The highest BCUT2D eigenvalue weighted by Crippen LogP contribution is 2.14. The number of hydrogen-bond acceptors (Lipinski definition) is 5. The summed E-state index contributed by atoms with van der Waals surface area (Å²) in [6, 6.07) is -0.744. The van der Waals surface area contributed by atoms with Crippen LogP contribution < -0.4 is 5.32 Å². The Kier molecular flexibility index (Phi) is 40.4. The Balaban J connectivity index is 4.82. The van der Waals surface area contributed by atoms with Crippen molar-refractivity contribution >= 4 is 11.9 Å². The van der Waals surface area contributed by atoms with E-state index in [2.05, 4.69) is 86.8 Å². The van der Waals surface area contributed by atoms with Gasteiger partial charge in [0.1, 0.15) is 6.10 Å². The first-order valence-electron chi connectivity index (χ1n) is 22.7. The molecule has 6 nitrogen and oxygen atoms in total. The van der Waals surface area contributed by atoms with Gasteiger partial charge in [0.2, 0.25) is 5.91 Å². The number of unbranched alkanes of at least 4 members (excludes halogenated alkanes) is 17. The molecule has 0 fully saturated rings. The van der Waals surface area contributed by atoms with E-state index in [1.807, 2.05) is 6.08 Å². The number of carbonyl (C=O) groups excluding carboxylic acids is 2. The molecule has 0 heterocycles. The van der Waals surface area contributed by atoms with Gasteiger partial charge in [0.25, 0.3) is 0 Å². The zero-order valence-corrected chi connectivity index (χ0v) is 35.8. The molecule has 0 radical (unpaired) electrons. The molecule has 55 heavy (non-hydrogen) atoms. The molecule has 0 bridgehead atoms. The van der Waals surface area contributed by atoms with Crippen molar-refractivity contribution in [1.29, 1.82) is 0 Å². The molecule has 6 heteroatoms. The Morgan fingerprint density at radius 2 is 1.02 bits per heavy atom. The molecule has 0 aromatic carbocycles. The SMILES string of the molecule is CC/C=C/C/C=C/C/C=C/C/C=C/C/C=C/C(CC(=O)NC(CO)C(O)CCCCCCCCCCC)OC(=O)CCCCC/C=C\CCCCCCCC. The van der Waals surface area contributed by atoms with Crippen LogP contribution in [0.4, 0.5) is 0 Å². The second kappa shape index (κ2) is 42.4. The maximum absolute atomic E-state index is 13.1. The summed E-state index contributed by atoms with van der Waals surface area (Å²) in [6.45, 7) is 6.28. The van der Waals surface area contributed by atoms with E-state index in [1.165, 1.54) is 77.0 Å². The smallest absolute Gasteiger partial charge is 0.306 e. The Labute approximate surface area is 339 Å². The number of nitrogens with one attached hydrogen (secondary N) is 1. The number of aliphatic hydroxyl groups excluding tert-OH is 2. The van der Waals surface area contributed by atoms with E-state index in [9.17, 15) is 19.8 Å². The number of ether oxygens (including phenoxy) is 1. The Hall–Kier alpha value is -2.70. The van der Waals surface area contributed by atoms with Crippen LogP contribution in [0.2, 0.25) is 0 Å². The summed E-state index contributed by atoms with van der Waals surface area (Å²) < 4.78 is 5.78. The molecule has 3 atom stereocenters. The minimum absolute atomic E-state index is 0.0545. The van der Waals surface area contributed by atoms with Crippen molar-refractivity contribution in [2.45, 2.75) is 219 Å². The zero-order chi connectivity index (χ0) is 40.3. The lowest BCUT2D eigenvalue weighted by Crippen LogP contribution is -2.46.